The zero-order valence-electron chi connectivity index (χ0n) is 16.6. The van der Waals surface area contributed by atoms with Crippen molar-refractivity contribution in [3.8, 4) is 16.9 Å². The molecule has 0 unspecified atom stereocenters. The number of carbonyl (C=O) groups excluding carboxylic acids is 1. The van der Waals surface area contributed by atoms with Gasteiger partial charge in [-0.3, -0.25) is 4.79 Å². The van der Waals surface area contributed by atoms with Crippen LogP contribution in [-0.2, 0) is 0 Å². The Morgan fingerprint density at radius 3 is 2.48 bits per heavy atom. The fourth-order valence-electron chi connectivity index (χ4n) is 4.02. The highest BCUT2D eigenvalue weighted by molar-refractivity contribution is 5.99. The van der Waals surface area contributed by atoms with Crippen molar-refractivity contribution in [2.45, 2.75) is 44.8 Å². The van der Waals surface area contributed by atoms with Crippen LogP contribution in [0.1, 0.15) is 41.6 Å². The Morgan fingerprint density at radius 2 is 1.79 bits per heavy atom. The highest BCUT2D eigenvalue weighted by Crippen LogP contribution is 2.29. The summed E-state index contributed by atoms with van der Waals surface area (Å²) >= 11 is 0. The summed E-state index contributed by atoms with van der Waals surface area (Å²) in [7, 11) is 0. The quantitative estimate of drug-likeness (QED) is 0.610. The predicted molar refractivity (Wildman–Crippen MR) is 116 cm³/mol. The minimum absolute atomic E-state index is 0.216. The summed E-state index contributed by atoms with van der Waals surface area (Å²) in [6.45, 7) is 2.08. The van der Waals surface area contributed by atoms with Crippen LogP contribution in [0.25, 0.3) is 16.9 Å². The van der Waals surface area contributed by atoms with E-state index >= 15 is 0 Å². The van der Waals surface area contributed by atoms with Crippen LogP contribution in [-0.4, -0.2) is 27.7 Å². The summed E-state index contributed by atoms with van der Waals surface area (Å²) in [5.41, 5.74) is 11.3. The second-order valence-electron chi connectivity index (χ2n) is 7.87. The van der Waals surface area contributed by atoms with Crippen LogP contribution in [0.4, 0.5) is 5.69 Å². The van der Waals surface area contributed by atoms with Gasteiger partial charge in [-0.25, -0.2) is 0 Å². The number of anilines is 1. The second-order valence-corrected chi connectivity index (χ2v) is 7.87. The minimum atomic E-state index is -0.443. The molecular formula is C24H27N3O2. The number of nitrogens with one attached hydrogen (secondary N) is 1. The van der Waals surface area contributed by atoms with Crippen LogP contribution < -0.4 is 11.1 Å². The summed E-state index contributed by atoms with van der Waals surface area (Å²) in [5.74, 6) is -0.443. The molecule has 5 nitrogen and oxygen atoms in total. The molecule has 4 N–H and O–H groups in total. The molecule has 1 heterocycles. The molecule has 1 saturated carbocycles. The van der Waals surface area contributed by atoms with Gasteiger partial charge in [0.05, 0.1) is 17.4 Å². The highest BCUT2D eigenvalue weighted by atomic mass is 16.3. The number of nitrogens with zero attached hydrogens (tertiary/aromatic N) is 1. The minimum Gasteiger partial charge on any atom is -0.393 e. The van der Waals surface area contributed by atoms with Crippen LogP contribution in [0.2, 0.25) is 0 Å². The number of rotatable bonds is 5. The lowest BCUT2D eigenvalue weighted by Crippen LogP contribution is -2.29. The zero-order chi connectivity index (χ0) is 20.4. The molecule has 5 heteroatoms. The maximum Gasteiger partial charge on any atom is 0.250 e. The van der Waals surface area contributed by atoms with Gasteiger partial charge in [0.1, 0.15) is 0 Å². The number of aryl methyl sites for hydroxylation is 1. The average molecular weight is 389 g/mol. The summed E-state index contributed by atoms with van der Waals surface area (Å²) in [6.07, 6.45) is 5.11. The molecule has 0 radical (unpaired) electrons. The Balaban J connectivity index is 1.68. The Hall–Kier alpha value is -3.05. The molecule has 3 aromatic rings. The predicted octanol–water partition coefficient (Wildman–Crippen LogP) is 4.27. The van der Waals surface area contributed by atoms with Crippen LogP contribution in [0, 0.1) is 6.92 Å². The highest BCUT2D eigenvalue weighted by Gasteiger charge is 2.21. The van der Waals surface area contributed by atoms with Gasteiger partial charge in [0.25, 0.3) is 5.91 Å². The van der Waals surface area contributed by atoms with E-state index in [1.165, 1.54) is 5.56 Å². The van der Waals surface area contributed by atoms with Gasteiger partial charge in [-0.15, -0.1) is 0 Å². The van der Waals surface area contributed by atoms with Crippen LogP contribution in [0.5, 0.6) is 0 Å². The molecule has 1 aliphatic carbocycles. The van der Waals surface area contributed by atoms with E-state index in [9.17, 15) is 9.90 Å². The Bertz CT molecular complexity index is 999. The first-order valence-corrected chi connectivity index (χ1v) is 10.1. The fraction of sp³-hybridized carbons (Fsp3) is 0.292. The molecule has 2 aromatic carbocycles. The van der Waals surface area contributed by atoms with Crippen molar-refractivity contribution in [1.82, 2.24) is 4.57 Å². The Morgan fingerprint density at radius 1 is 1.07 bits per heavy atom. The number of amides is 1. The molecule has 1 aromatic heterocycles. The molecule has 29 heavy (non-hydrogen) atoms. The number of aliphatic hydroxyl groups excluding tert-OH is 1. The van der Waals surface area contributed by atoms with Crippen LogP contribution >= 0.6 is 0 Å². The Kier molecular flexibility index (Phi) is 5.41. The third-order valence-corrected chi connectivity index (χ3v) is 5.70. The molecule has 0 bridgehead atoms. The lowest BCUT2D eigenvalue weighted by atomic mass is 9.92. The van der Waals surface area contributed by atoms with E-state index in [1.807, 2.05) is 24.4 Å². The fourth-order valence-corrected chi connectivity index (χ4v) is 4.02. The van der Waals surface area contributed by atoms with E-state index in [1.54, 1.807) is 6.07 Å². The maximum atomic E-state index is 12.0. The monoisotopic (exact) mass is 389 g/mol. The van der Waals surface area contributed by atoms with Gasteiger partial charge >= 0.3 is 0 Å². The first-order valence-electron chi connectivity index (χ1n) is 10.1. The smallest absolute Gasteiger partial charge is 0.250 e. The molecule has 4 rings (SSSR count). The van der Waals surface area contributed by atoms with Gasteiger partial charge in [-0.2, -0.15) is 0 Å². The first-order chi connectivity index (χ1) is 14.0. The van der Waals surface area contributed by atoms with Crippen LogP contribution in [0.15, 0.2) is 60.8 Å². The van der Waals surface area contributed by atoms with E-state index in [-0.39, 0.29) is 12.1 Å². The Labute approximate surface area is 171 Å². The summed E-state index contributed by atoms with van der Waals surface area (Å²) in [4.78, 5) is 12.0. The zero-order valence-corrected chi connectivity index (χ0v) is 16.6. The second kappa shape index (κ2) is 8.13. The number of hydrogen-bond donors (Lipinski definition) is 3. The van der Waals surface area contributed by atoms with E-state index in [0.29, 0.717) is 5.56 Å². The van der Waals surface area contributed by atoms with Crippen molar-refractivity contribution < 1.29 is 9.90 Å². The number of aromatic nitrogens is 1. The van der Waals surface area contributed by atoms with Gasteiger partial charge in [0.15, 0.2) is 0 Å². The van der Waals surface area contributed by atoms with E-state index < -0.39 is 5.91 Å². The number of benzene rings is 2. The molecule has 1 amide bonds. The summed E-state index contributed by atoms with van der Waals surface area (Å²) < 4.78 is 2.12. The standard InChI is InChI=1S/C24H27N3O2/c1-16-4-6-17(7-5-16)23-3-2-14-27(23)19-10-13-21(24(25)29)22(15-19)26-18-8-11-20(28)12-9-18/h2-7,10,13-15,18,20,26,28H,8-9,11-12H2,1H3,(H2,25,29). The summed E-state index contributed by atoms with van der Waals surface area (Å²) in [5, 5.41) is 13.3. The van der Waals surface area contributed by atoms with Gasteiger partial charge in [-0.05, 0) is 68.5 Å². The molecule has 0 aliphatic heterocycles. The largest absolute Gasteiger partial charge is 0.393 e. The van der Waals surface area contributed by atoms with Gasteiger partial charge in [0, 0.05) is 23.6 Å². The van der Waals surface area contributed by atoms with Gasteiger partial charge in [0.2, 0.25) is 0 Å². The molecule has 0 saturated heterocycles. The molecule has 0 spiro atoms. The van der Waals surface area contributed by atoms with E-state index in [0.717, 1.165) is 48.3 Å². The van der Waals surface area contributed by atoms with Crippen molar-refractivity contribution in [3.05, 3.63) is 71.9 Å². The third kappa shape index (κ3) is 4.20. The summed E-state index contributed by atoms with van der Waals surface area (Å²) in [6, 6.07) is 18.5. The maximum absolute atomic E-state index is 12.0. The normalized spacial score (nSPS) is 19.1. The van der Waals surface area contributed by atoms with E-state index in [4.69, 9.17) is 5.73 Å². The van der Waals surface area contributed by atoms with Crippen molar-refractivity contribution in [2.75, 3.05) is 5.32 Å². The number of primary amides is 1. The average Bonchev–Trinajstić information content (AvgIpc) is 3.20. The number of carbonyl (C=O) groups is 1. The molecule has 1 fully saturated rings. The number of nitrogens with two attached hydrogens (primary N) is 1. The number of hydrogen-bond acceptors (Lipinski definition) is 3. The number of aliphatic hydroxyl groups is 1. The van der Waals surface area contributed by atoms with Crippen molar-refractivity contribution in [3.63, 3.8) is 0 Å². The third-order valence-electron chi connectivity index (χ3n) is 5.70. The van der Waals surface area contributed by atoms with E-state index in [2.05, 4.69) is 47.1 Å². The van der Waals surface area contributed by atoms with Crippen LogP contribution in [0.3, 0.4) is 0 Å². The lowest BCUT2D eigenvalue weighted by molar-refractivity contribution is 0.100. The van der Waals surface area contributed by atoms with Gasteiger partial charge in [-0.1, -0.05) is 29.8 Å². The molecule has 1 aliphatic rings. The van der Waals surface area contributed by atoms with Crippen molar-refractivity contribution in [1.29, 1.82) is 0 Å². The van der Waals surface area contributed by atoms with Gasteiger partial charge < -0.3 is 20.7 Å². The van der Waals surface area contributed by atoms with Crippen molar-refractivity contribution >= 4 is 11.6 Å². The van der Waals surface area contributed by atoms with Crippen molar-refractivity contribution in [2.24, 2.45) is 5.73 Å². The topological polar surface area (TPSA) is 80.3 Å². The molecular weight excluding hydrogens is 362 g/mol. The first kappa shape index (κ1) is 19.3. The molecule has 0 atom stereocenters. The SMILES string of the molecule is Cc1ccc(-c2cccn2-c2ccc(C(N)=O)c(NC3CCC(O)CC3)c2)cc1. The molecule has 150 valence electrons. The lowest BCUT2D eigenvalue weighted by Gasteiger charge is -2.28.